The summed E-state index contributed by atoms with van der Waals surface area (Å²) in [6, 6.07) is 15.3. The fraction of sp³-hybridized carbons (Fsp3) is 0.300. The molecule has 0 aliphatic heterocycles. The van der Waals surface area contributed by atoms with Gasteiger partial charge in [-0.3, -0.25) is 9.59 Å². The summed E-state index contributed by atoms with van der Waals surface area (Å²) < 4.78 is 5.37. The van der Waals surface area contributed by atoms with Crippen LogP contribution in [0.15, 0.2) is 48.5 Å². The Morgan fingerprint density at radius 1 is 1.00 bits per heavy atom. The molecule has 1 aliphatic carbocycles. The van der Waals surface area contributed by atoms with Crippen LogP contribution in [0.5, 0.6) is 0 Å². The third-order valence-corrected chi connectivity index (χ3v) is 4.51. The smallest absolute Gasteiger partial charge is 0.321 e. The maximum Gasteiger partial charge on any atom is 0.321 e. The molecule has 3 rings (SSSR count). The highest BCUT2D eigenvalue weighted by atomic mass is 16.5. The zero-order valence-corrected chi connectivity index (χ0v) is 14.0. The Morgan fingerprint density at radius 2 is 1.62 bits per heavy atom. The molecule has 124 valence electrons. The number of nitrogens with one attached hydrogen (secondary N) is 1. The highest BCUT2D eigenvalue weighted by molar-refractivity contribution is 6.11. The third-order valence-electron chi connectivity index (χ3n) is 4.51. The number of anilines is 1. The van der Waals surface area contributed by atoms with Gasteiger partial charge in [-0.2, -0.15) is 0 Å². The van der Waals surface area contributed by atoms with Crippen LogP contribution >= 0.6 is 0 Å². The molecule has 0 radical (unpaired) electrons. The summed E-state index contributed by atoms with van der Waals surface area (Å²) in [5.74, 6) is -0.701. The van der Waals surface area contributed by atoms with Gasteiger partial charge < -0.3 is 10.1 Å². The highest BCUT2D eigenvalue weighted by Crippen LogP contribution is 2.48. The molecule has 2 aromatic rings. The Balaban J connectivity index is 1.67. The van der Waals surface area contributed by atoms with E-state index >= 15 is 0 Å². The van der Waals surface area contributed by atoms with E-state index in [0.29, 0.717) is 12.8 Å². The van der Waals surface area contributed by atoms with Gasteiger partial charge in [0.05, 0.1) is 0 Å². The van der Waals surface area contributed by atoms with Crippen molar-refractivity contribution in [3.8, 4) is 0 Å². The number of para-hydroxylation sites is 1. The van der Waals surface area contributed by atoms with Crippen molar-refractivity contribution >= 4 is 17.6 Å². The van der Waals surface area contributed by atoms with E-state index in [9.17, 15) is 9.59 Å². The number of ether oxygens (including phenoxy) is 1. The van der Waals surface area contributed by atoms with Gasteiger partial charge >= 0.3 is 5.97 Å². The minimum Gasteiger partial charge on any atom is -0.460 e. The fourth-order valence-electron chi connectivity index (χ4n) is 2.75. The summed E-state index contributed by atoms with van der Waals surface area (Å²) >= 11 is 0. The second-order valence-corrected chi connectivity index (χ2v) is 6.36. The van der Waals surface area contributed by atoms with Crippen LogP contribution in [0.2, 0.25) is 0 Å². The van der Waals surface area contributed by atoms with Crippen LogP contribution in [0, 0.1) is 19.3 Å². The second kappa shape index (κ2) is 6.48. The van der Waals surface area contributed by atoms with Crippen molar-refractivity contribution in [1.29, 1.82) is 0 Å². The number of carbonyl (C=O) groups is 2. The molecular formula is C20H21NO3. The molecule has 4 heteroatoms. The van der Waals surface area contributed by atoms with Gasteiger partial charge in [-0.05, 0) is 43.4 Å². The fourth-order valence-corrected chi connectivity index (χ4v) is 2.75. The molecule has 1 aliphatic rings. The molecule has 0 bridgehead atoms. The van der Waals surface area contributed by atoms with E-state index < -0.39 is 11.4 Å². The molecule has 0 saturated heterocycles. The van der Waals surface area contributed by atoms with Crippen LogP contribution in [0.1, 0.15) is 29.5 Å². The Kier molecular flexibility index (Phi) is 4.38. The Labute approximate surface area is 141 Å². The van der Waals surface area contributed by atoms with Crippen LogP contribution in [0.25, 0.3) is 0 Å². The summed E-state index contributed by atoms with van der Waals surface area (Å²) in [4.78, 5) is 25.1. The highest BCUT2D eigenvalue weighted by Gasteiger charge is 2.58. The molecule has 0 aromatic heterocycles. The van der Waals surface area contributed by atoms with Crippen molar-refractivity contribution in [3.63, 3.8) is 0 Å². The molecule has 1 N–H and O–H groups in total. The molecule has 24 heavy (non-hydrogen) atoms. The average Bonchev–Trinajstić information content (AvgIpc) is 3.39. The maximum absolute atomic E-state index is 12.6. The van der Waals surface area contributed by atoms with Crippen molar-refractivity contribution in [2.24, 2.45) is 5.41 Å². The zero-order chi connectivity index (χ0) is 17.2. The number of esters is 1. The van der Waals surface area contributed by atoms with E-state index in [0.717, 1.165) is 22.4 Å². The monoisotopic (exact) mass is 323 g/mol. The van der Waals surface area contributed by atoms with Gasteiger partial charge in [-0.25, -0.2) is 0 Å². The number of rotatable bonds is 5. The van der Waals surface area contributed by atoms with Crippen LogP contribution in [-0.2, 0) is 20.9 Å². The largest absolute Gasteiger partial charge is 0.460 e. The molecule has 0 spiro atoms. The lowest BCUT2D eigenvalue weighted by Crippen LogP contribution is -2.33. The number of benzene rings is 2. The standard InChI is InChI=1S/C20H21NO3/c1-14-7-6-8-15(2)17(14)21-18(22)20(11-12-20)19(23)24-13-16-9-4-3-5-10-16/h3-10H,11-13H2,1-2H3,(H,21,22). The first kappa shape index (κ1) is 16.2. The Morgan fingerprint density at radius 3 is 2.21 bits per heavy atom. The summed E-state index contributed by atoms with van der Waals surface area (Å²) in [7, 11) is 0. The van der Waals surface area contributed by atoms with Crippen LogP contribution < -0.4 is 5.32 Å². The lowest BCUT2D eigenvalue weighted by molar-refractivity contribution is -0.154. The molecule has 4 nitrogen and oxygen atoms in total. The van der Waals surface area contributed by atoms with Crippen LogP contribution in [0.3, 0.4) is 0 Å². The molecule has 1 amide bonds. The van der Waals surface area contributed by atoms with Gasteiger partial charge in [0, 0.05) is 5.69 Å². The van der Waals surface area contributed by atoms with Crippen molar-refractivity contribution in [3.05, 3.63) is 65.2 Å². The molecule has 2 aromatic carbocycles. The molecule has 0 atom stereocenters. The van der Waals surface area contributed by atoms with E-state index in [4.69, 9.17) is 4.74 Å². The predicted octanol–water partition coefficient (Wildman–Crippen LogP) is 3.77. The molecule has 0 unspecified atom stereocenters. The van der Waals surface area contributed by atoms with Crippen molar-refractivity contribution in [2.45, 2.75) is 33.3 Å². The SMILES string of the molecule is Cc1cccc(C)c1NC(=O)C1(C(=O)OCc2ccccc2)CC1. The number of carbonyl (C=O) groups excluding carboxylic acids is 2. The van der Waals surface area contributed by atoms with Crippen LogP contribution in [-0.4, -0.2) is 11.9 Å². The molecule has 1 fully saturated rings. The first-order valence-corrected chi connectivity index (χ1v) is 8.12. The van der Waals surface area contributed by atoms with Crippen molar-refractivity contribution < 1.29 is 14.3 Å². The van der Waals surface area contributed by atoms with Gasteiger partial charge in [-0.1, -0.05) is 48.5 Å². The van der Waals surface area contributed by atoms with E-state index in [1.807, 2.05) is 62.4 Å². The first-order chi connectivity index (χ1) is 11.5. The van der Waals surface area contributed by atoms with Gasteiger partial charge in [0.2, 0.25) is 5.91 Å². The zero-order valence-electron chi connectivity index (χ0n) is 14.0. The Bertz CT molecular complexity index is 743. The quantitative estimate of drug-likeness (QED) is 0.673. The van der Waals surface area contributed by atoms with E-state index in [-0.39, 0.29) is 12.5 Å². The lowest BCUT2D eigenvalue weighted by Gasteiger charge is -2.17. The summed E-state index contributed by atoms with van der Waals surface area (Å²) in [5, 5.41) is 2.92. The van der Waals surface area contributed by atoms with E-state index in [2.05, 4.69) is 5.32 Å². The van der Waals surface area contributed by atoms with Crippen molar-refractivity contribution in [1.82, 2.24) is 0 Å². The third kappa shape index (κ3) is 3.18. The second-order valence-electron chi connectivity index (χ2n) is 6.36. The predicted molar refractivity (Wildman–Crippen MR) is 92.5 cm³/mol. The molecule has 0 heterocycles. The van der Waals surface area contributed by atoms with E-state index in [1.54, 1.807) is 0 Å². The summed E-state index contributed by atoms with van der Waals surface area (Å²) in [5.41, 5.74) is 2.64. The van der Waals surface area contributed by atoms with Gasteiger partial charge in [0.15, 0.2) is 0 Å². The number of hydrogen-bond donors (Lipinski definition) is 1. The minimum atomic E-state index is -1.02. The minimum absolute atomic E-state index is 0.193. The Hall–Kier alpha value is -2.62. The number of aryl methyl sites for hydroxylation is 2. The van der Waals surface area contributed by atoms with Gasteiger partial charge in [0.1, 0.15) is 12.0 Å². The van der Waals surface area contributed by atoms with Gasteiger partial charge in [-0.15, -0.1) is 0 Å². The van der Waals surface area contributed by atoms with Gasteiger partial charge in [0.25, 0.3) is 0 Å². The maximum atomic E-state index is 12.6. The molecular weight excluding hydrogens is 302 g/mol. The lowest BCUT2D eigenvalue weighted by atomic mass is 10.0. The summed E-state index contributed by atoms with van der Waals surface area (Å²) in [6.45, 7) is 4.07. The topological polar surface area (TPSA) is 55.4 Å². The average molecular weight is 323 g/mol. The number of amides is 1. The van der Waals surface area contributed by atoms with Crippen LogP contribution in [0.4, 0.5) is 5.69 Å². The number of hydrogen-bond acceptors (Lipinski definition) is 3. The first-order valence-electron chi connectivity index (χ1n) is 8.12. The summed E-state index contributed by atoms with van der Waals surface area (Å²) in [6.07, 6.45) is 1.08. The normalized spacial score (nSPS) is 14.8. The van der Waals surface area contributed by atoms with E-state index in [1.165, 1.54) is 0 Å². The molecule has 1 saturated carbocycles. The van der Waals surface area contributed by atoms with Crippen molar-refractivity contribution in [2.75, 3.05) is 5.32 Å².